The molecule has 2 aromatic carbocycles. The topological polar surface area (TPSA) is 59.8 Å². The number of aromatic nitrogens is 3. The van der Waals surface area contributed by atoms with Crippen LogP contribution in [-0.4, -0.2) is 20.4 Å². The average Bonchev–Trinajstić information content (AvgIpc) is 3.18. The van der Waals surface area contributed by atoms with Gasteiger partial charge in [0, 0.05) is 23.9 Å². The maximum atomic E-state index is 13.0. The van der Waals surface area contributed by atoms with Crippen LogP contribution >= 0.6 is 0 Å². The van der Waals surface area contributed by atoms with Gasteiger partial charge in [-0.1, -0.05) is 50.2 Å². The zero-order valence-corrected chi connectivity index (χ0v) is 18.3. The zero-order chi connectivity index (χ0) is 21.8. The SMILES string of the molecule is CCCn1c(-c2cccc(C(=O)NC(C)c3ccc(CC)cc3)c2)nc2cccnc21. The molecular weight excluding hydrogens is 384 g/mol. The first kappa shape index (κ1) is 20.8. The van der Waals surface area contributed by atoms with E-state index < -0.39 is 0 Å². The number of nitrogens with zero attached hydrogens (tertiary/aromatic N) is 3. The van der Waals surface area contributed by atoms with E-state index in [-0.39, 0.29) is 11.9 Å². The van der Waals surface area contributed by atoms with Crippen LogP contribution in [0.2, 0.25) is 0 Å². The van der Waals surface area contributed by atoms with Gasteiger partial charge >= 0.3 is 0 Å². The molecule has 0 bridgehead atoms. The molecule has 2 aromatic heterocycles. The number of carbonyl (C=O) groups is 1. The summed E-state index contributed by atoms with van der Waals surface area (Å²) in [5.74, 6) is 0.749. The first-order valence-corrected chi connectivity index (χ1v) is 10.9. The quantitative estimate of drug-likeness (QED) is 0.432. The van der Waals surface area contributed by atoms with Crippen molar-refractivity contribution in [1.29, 1.82) is 0 Å². The maximum Gasteiger partial charge on any atom is 0.251 e. The van der Waals surface area contributed by atoms with Crippen LogP contribution in [0, 0.1) is 0 Å². The van der Waals surface area contributed by atoms with E-state index in [2.05, 4.69) is 53.0 Å². The van der Waals surface area contributed by atoms with Gasteiger partial charge in [-0.15, -0.1) is 0 Å². The summed E-state index contributed by atoms with van der Waals surface area (Å²) in [4.78, 5) is 22.3. The molecule has 0 saturated carbocycles. The second-order valence-corrected chi connectivity index (χ2v) is 7.80. The van der Waals surface area contributed by atoms with Gasteiger partial charge in [0.15, 0.2) is 5.65 Å². The molecule has 0 radical (unpaired) electrons. The highest BCUT2D eigenvalue weighted by Gasteiger charge is 2.16. The van der Waals surface area contributed by atoms with Crippen LogP contribution in [0.4, 0.5) is 0 Å². The lowest BCUT2D eigenvalue weighted by Crippen LogP contribution is -2.26. The summed E-state index contributed by atoms with van der Waals surface area (Å²) >= 11 is 0. The summed E-state index contributed by atoms with van der Waals surface area (Å²) < 4.78 is 2.13. The van der Waals surface area contributed by atoms with E-state index in [4.69, 9.17) is 4.98 Å². The number of pyridine rings is 1. The van der Waals surface area contributed by atoms with Crippen LogP contribution in [0.15, 0.2) is 66.9 Å². The highest BCUT2D eigenvalue weighted by Crippen LogP contribution is 2.25. The molecule has 31 heavy (non-hydrogen) atoms. The van der Waals surface area contributed by atoms with Gasteiger partial charge in [0.1, 0.15) is 11.3 Å². The van der Waals surface area contributed by atoms with Crippen molar-refractivity contribution in [3.8, 4) is 11.4 Å². The molecule has 0 aliphatic heterocycles. The lowest BCUT2D eigenvalue weighted by Gasteiger charge is -2.15. The molecule has 0 spiro atoms. The molecule has 5 nitrogen and oxygen atoms in total. The Morgan fingerprint density at radius 3 is 2.61 bits per heavy atom. The van der Waals surface area contributed by atoms with Crippen molar-refractivity contribution < 1.29 is 4.79 Å². The Balaban J connectivity index is 1.60. The Kier molecular flexibility index (Phi) is 6.12. The number of fused-ring (bicyclic) bond motifs is 1. The number of aryl methyl sites for hydroxylation is 2. The highest BCUT2D eigenvalue weighted by atomic mass is 16.1. The van der Waals surface area contributed by atoms with Gasteiger partial charge < -0.3 is 9.88 Å². The second-order valence-electron chi connectivity index (χ2n) is 7.80. The van der Waals surface area contributed by atoms with Crippen LogP contribution in [-0.2, 0) is 13.0 Å². The molecule has 0 saturated heterocycles. The summed E-state index contributed by atoms with van der Waals surface area (Å²) in [7, 11) is 0. The van der Waals surface area contributed by atoms with Crippen molar-refractivity contribution >= 4 is 17.1 Å². The third-order valence-electron chi connectivity index (χ3n) is 5.57. The zero-order valence-electron chi connectivity index (χ0n) is 18.3. The van der Waals surface area contributed by atoms with Crippen molar-refractivity contribution in [3.05, 3.63) is 83.6 Å². The fourth-order valence-corrected chi connectivity index (χ4v) is 3.82. The number of hydrogen-bond acceptors (Lipinski definition) is 3. The summed E-state index contributed by atoms with van der Waals surface area (Å²) in [6.07, 6.45) is 3.77. The molecule has 4 aromatic rings. The fourth-order valence-electron chi connectivity index (χ4n) is 3.82. The minimum atomic E-state index is -0.0924. The number of imidazole rings is 1. The van der Waals surface area contributed by atoms with Crippen LogP contribution in [0.3, 0.4) is 0 Å². The summed E-state index contributed by atoms with van der Waals surface area (Å²) in [5.41, 5.74) is 5.66. The number of rotatable bonds is 7. The third-order valence-corrected chi connectivity index (χ3v) is 5.57. The average molecular weight is 413 g/mol. The Bertz CT molecular complexity index is 1190. The van der Waals surface area contributed by atoms with Crippen LogP contribution in [0.25, 0.3) is 22.6 Å². The first-order valence-electron chi connectivity index (χ1n) is 10.9. The molecule has 0 aliphatic carbocycles. The lowest BCUT2D eigenvalue weighted by atomic mass is 10.0. The second kappa shape index (κ2) is 9.13. The van der Waals surface area contributed by atoms with E-state index in [0.29, 0.717) is 5.56 Å². The van der Waals surface area contributed by atoms with Crippen molar-refractivity contribution in [2.75, 3.05) is 0 Å². The molecule has 5 heteroatoms. The molecule has 0 aliphatic rings. The van der Waals surface area contributed by atoms with E-state index in [1.54, 1.807) is 6.20 Å². The highest BCUT2D eigenvalue weighted by molar-refractivity contribution is 5.95. The van der Waals surface area contributed by atoms with Crippen molar-refractivity contribution in [2.45, 2.75) is 46.2 Å². The number of benzene rings is 2. The predicted molar refractivity (Wildman–Crippen MR) is 125 cm³/mol. The molecule has 4 rings (SSSR count). The number of hydrogen-bond donors (Lipinski definition) is 1. The van der Waals surface area contributed by atoms with Gasteiger partial charge in [-0.2, -0.15) is 0 Å². The molecule has 1 N–H and O–H groups in total. The van der Waals surface area contributed by atoms with Gasteiger partial charge in [0.05, 0.1) is 6.04 Å². The van der Waals surface area contributed by atoms with Crippen molar-refractivity contribution in [2.24, 2.45) is 0 Å². The summed E-state index contributed by atoms with van der Waals surface area (Å²) in [5, 5.41) is 3.12. The third kappa shape index (κ3) is 4.36. The molecule has 2 heterocycles. The van der Waals surface area contributed by atoms with Gasteiger partial charge in [-0.3, -0.25) is 4.79 Å². The van der Waals surface area contributed by atoms with Crippen molar-refractivity contribution in [1.82, 2.24) is 19.9 Å². The summed E-state index contributed by atoms with van der Waals surface area (Å²) in [6, 6.07) is 19.9. The lowest BCUT2D eigenvalue weighted by molar-refractivity contribution is 0.0940. The summed E-state index contributed by atoms with van der Waals surface area (Å²) in [6.45, 7) is 7.11. The van der Waals surface area contributed by atoms with Gasteiger partial charge in [0.25, 0.3) is 5.91 Å². The Morgan fingerprint density at radius 2 is 1.87 bits per heavy atom. The Hall–Kier alpha value is -3.47. The largest absolute Gasteiger partial charge is 0.346 e. The fraction of sp³-hybridized carbons (Fsp3) is 0.269. The smallest absolute Gasteiger partial charge is 0.251 e. The Morgan fingerprint density at radius 1 is 1.06 bits per heavy atom. The molecule has 0 fully saturated rings. The van der Waals surface area contributed by atoms with Crippen LogP contribution < -0.4 is 5.32 Å². The predicted octanol–water partition coefficient (Wildman–Crippen LogP) is 5.56. The molecule has 1 amide bonds. The number of nitrogens with one attached hydrogen (secondary N) is 1. The van der Waals surface area contributed by atoms with Gasteiger partial charge in [-0.25, -0.2) is 9.97 Å². The normalized spacial score (nSPS) is 12.1. The van der Waals surface area contributed by atoms with E-state index in [1.807, 2.05) is 43.3 Å². The number of carbonyl (C=O) groups excluding carboxylic acids is 1. The molecular formula is C26H28N4O. The molecule has 1 unspecified atom stereocenters. The first-order chi connectivity index (χ1) is 15.1. The molecule has 1 atom stereocenters. The minimum Gasteiger partial charge on any atom is -0.346 e. The van der Waals surface area contributed by atoms with Gasteiger partial charge in [0.2, 0.25) is 0 Å². The van der Waals surface area contributed by atoms with E-state index >= 15 is 0 Å². The maximum absolute atomic E-state index is 13.0. The van der Waals surface area contributed by atoms with E-state index in [9.17, 15) is 4.79 Å². The Labute approximate surface area is 183 Å². The monoisotopic (exact) mass is 412 g/mol. The van der Waals surface area contributed by atoms with Crippen LogP contribution in [0.5, 0.6) is 0 Å². The van der Waals surface area contributed by atoms with E-state index in [1.165, 1.54) is 5.56 Å². The van der Waals surface area contributed by atoms with Gasteiger partial charge in [-0.05, 0) is 55.2 Å². The standard InChI is InChI=1S/C26H28N4O/c1-4-16-30-24(29-23-10-7-15-27-25(23)30)21-8-6-9-22(17-21)26(31)28-18(3)20-13-11-19(5-2)12-14-20/h6-15,17-18H,4-5,16H2,1-3H3,(H,28,31). The van der Waals surface area contributed by atoms with Crippen LogP contribution in [0.1, 0.15) is 54.7 Å². The number of amides is 1. The van der Waals surface area contributed by atoms with E-state index in [0.717, 1.165) is 47.5 Å². The van der Waals surface area contributed by atoms with Crippen molar-refractivity contribution in [3.63, 3.8) is 0 Å². The molecule has 158 valence electrons. The minimum absolute atomic E-state index is 0.0732.